The topological polar surface area (TPSA) is 66.8 Å². The number of carboxylic acid groups (broad SMARTS) is 1. The normalized spacial score (nSPS) is 13.0. The molecule has 0 aromatic heterocycles. The number of amides is 1. The maximum Gasteiger partial charge on any atom is 0.411 e. The van der Waals surface area contributed by atoms with E-state index in [2.05, 4.69) is 0 Å². The molecular formula is C12H23NO4. The van der Waals surface area contributed by atoms with Crippen LogP contribution >= 0.6 is 0 Å². The molecule has 0 rings (SSSR count). The first-order chi connectivity index (χ1) is 7.69. The van der Waals surface area contributed by atoms with Gasteiger partial charge in [0.2, 0.25) is 0 Å². The highest BCUT2D eigenvalue weighted by Gasteiger charge is 2.29. The lowest BCUT2D eigenvalue weighted by molar-refractivity contribution is -0.142. The molecule has 0 bridgehead atoms. The van der Waals surface area contributed by atoms with Crippen molar-refractivity contribution in [2.24, 2.45) is 0 Å². The molecule has 5 nitrogen and oxygen atoms in total. The molecule has 1 N–H and O–H groups in total. The average Bonchev–Trinajstić information content (AvgIpc) is 2.15. The average molecular weight is 245 g/mol. The summed E-state index contributed by atoms with van der Waals surface area (Å²) in [5.41, 5.74) is -0.611. The second-order valence-electron chi connectivity index (χ2n) is 5.04. The van der Waals surface area contributed by atoms with Gasteiger partial charge in [0.05, 0.1) is 0 Å². The van der Waals surface area contributed by atoms with Crippen LogP contribution in [0.3, 0.4) is 0 Å². The molecule has 0 saturated carbocycles. The summed E-state index contributed by atoms with van der Waals surface area (Å²) in [6.07, 6.45) is 1.09. The zero-order valence-corrected chi connectivity index (χ0v) is 11.3. The van der Waals surface area contributed by atoms with Gasteiger partial charge < -0.3 is 9.84 Å². The molecule has 0 aromatic rings. The predicted molar refractivity (Wildman–Crippen MR) is 64.9 cm³/mol. The molecule has 100 valence electrons. The molecule has 17 heavy (non-hydrogen) atoms. The Bertz CT molecular complexity index is 270. The second-order valence-corrected chi connectivity index (χ2v) is 5.04. The van der Waals surface area contributed by atoms with Crippen molar-refractivity contribution in [3.63, 3.8) is 0 Å². The van der Waals surface area contributed by atoms with Crippen molar-refractivity contribution >= 4 is 12.1 Å². The first-order valence-electron chi connectivity index (χ1n) is 5.91. The van der Waals surface area contributed by atoms with Crippen molar-refractivity contribution < 1.29 is 19.4 Å². The molecule has 0 saturated heterocycles. The van der Waals surface area contributed by atoms with Crippen molar-refractivity contribution in [1.82, 2.24) is 4.90 Å². The van der Waals surface area contributed by atoms with E-state index in [9.17, 15) is 9.59 Å². The maximum absolute atomic E-state index is 11.9. The molecule has 0 fully saturated rings. The lowest BCUT2D eigenvalue weighted by Gasteiger charge is -2.29. The molecular weight excluding hydrogens is 222 g/mol. The van der Waals surface area contributed by atoms with Gasteiger partial charge in [-0.2, -0.15) is 0 Å². The number of ether oxygens (including phenoxy) is 1. The van der Waals surface area contributed by atoms with Gasteiger partial charge >= 0.3 is 12.1 Å². The third-order valence-corrected chi connectivity index (χ3v) is 2.21. The SMILES string of the molecule is CCCCN(C(=O)OC(C)(C)C)C(C)C(=O)O. The highest BCUT2D eigenvalue weighted by Crippen LogP contribution is 2.13. The first-order valence-corrected chi connectivity index (χ1v) is 5.91. The summed E-state index contributed by atoms with van der Waals surface area (Å²) in [5, 5.41) is 8.95. The Morgan fingerprint density at radius 2 is 1.88 bits per heavy atom. The number of nitrogens with zero attached hydrogens (tertiary/aromatic N) is 1. The van der Waals surface area contributed by atoms with E-state index in [0.717, 1.165) is 12.8 Å². The highest BCUT2D eigenvalue weighted by atomic mass is 16.6. The van der Waals surface area contributed by atoms with Gasteiger partial charge in [-0.15, -0.1) is 0 Å². The zero-order valence-electron chi connectivity index (χ0n) is 11.3. The third-order valence-electron chi connectivity index (χ3n) is 2.21. The Hall–Kier alpha value is -1.26. The van der Waals surface area contributed by atoms with Crippen molar-refractivity contribution in [2.45, 2.75) is 59.1 Å². The summed E-state index contributed by atoms with van der Waals surface area (Å²) in [4.78, 5) is 24.0. The number of carbonyl (C=O) groups excluding carboxylic acids is 1. The Kier molecular flexibility index (Phi) is 5.99. The largest absolute Gasteiger partial charge is 0.480 e. The number of aliphatic carboxylic acids is 1. The summed E-state index contributed by atoms with van der Waals surface area (Å²) in [6, 6.07) is -0.864. The fourth-order valence-corrected chi connectivity index (χ4v) is 1.23. The molecule has 0 aliphatic heterocycles. The number of carboxylic acids is 1. The van der Waals surface area contributed by atoms with E-state index >= 15 is 0 Å². The molecule has 0 radical (unpaired) electrons. The Balaban J connectivity index is 4.67. The standard InChI is InChI=1S/C12H23NO4/c1-6-7-8-13(9(2)10(14)15)11(16)17-12(3,4)5/h9H,6-8H2,1-5H3,(H,14,15). The first kappa shape index (κ1) is 15.7. The summed E-state index contributed by atoms with van der Waals surface area (Å²) in [5.74, 6) is -1.02. The fraction of sp³-hybridized carbons (Fsp3) is 0.833. The molecule has 1 amide bonds. The number of hydrogen-bond acceptors (Lipinski definition) is 3. The zero-order chi connectivity index (χ0) is 13.6. The van der Waals surface area contributed by atoms with Crippen molar-refractivity contribution in [2.75, 3.05) is 6.54 Å². The van der Waals surface area contributed by atoms with Gasteiger partial charge in [-0.3, -0.25) is 4.90 Å². The van der Waals surface area contributed by atoms with E-state index < -0.39 is 23.7 Å². The molecule has 0 heterocycles. The fourth-order valence-electron chi connectivity index (χ4n) is 1.23. The second kappa shape index (κ2) is 6.47. The van der Waals surface area contributed by atoms with Crippen LogP contribution in [0.1, 0.15) is 47.5 Å². The van der Waals surface area contributed by atoms with Gasteiger partial charge in [-0.05, 0) is 34.1 Å². The Labute approximate surface area is 103 Å². The van der Waals surface area contributed by atoms with E-state index in [1.54, 1.807) is 20.8 Å². The monoisotopic (exact) mass is 245 g/mol. The van der Waals surface area contributed by atoms with Crippen LogP contribution in [0.4, 0.5) is 4.79 Å². The molecule has 0 aliphatic rings. The quantitative estimate of drug-likeness (QED) is 0.808. The maximum atomic E-state index is 11.9. The summed E-state index contributed by atoms with van der Waals surface area (Å²) >= 11 is 0. The van der Waals surface area contributed by atoms with Gasteiger partial charge in [-0.25, -0.2) is 9.59 Å². The van der Waals surface area contributed by atoms with E-state index in [1.807, 2.05) is 6.92 Å². The smallest absolute Gasteiger partial charge is 0.411 e. The molecule has 1 atom stereocenters. The van der Waals surface area contributed by atoms with Gasteiger partial charge in [0, 0.05) is 6.54 Å². The van der Waals surface area contributed by atoms with E-state index in [0.29, 0.717) is 6.54 Å². The Morgan fingerprint density at radius 3 is 2.24 bits per heavy atom. The Morgan fingerprint density at radius 1 is 1.35 bits per heavy atom. The van der Waals surface area contributed by atoms with Crippen LogP contribution in [0.25, 0.3) is 0 Å². The number of unbranched alkanes of at least 4 members (excludes halogenated alkanes) is 1. The van der Waals surface area contributed by atoms with Gasteiger partial charge in [0.15, 0.2) is 0 Å². The summed E-state index contributed by atoms with van der Waals surface area (Å²) < 4.78 is 5.19. The number of rotatable bonds is 5. The van der Waals surface area contributed by atoms with Crippen LogP contribution in [-0.4, -0.2) is 40.3 Å². The minimum Gasteiger partial charge on any atom is -0.480 e. The van der Waals surface area contributed by atoms with Crippen molar-refractivity contribution in [1.29, 1.82) is 0 Å². The predicted octanol–water partition coefficient (Wildman–Crippen LogP) is 2.50. The van der Waals surface area contributed by atoms with Crippen molar-refractivity contribution in [3.05, 3.63) is 0 Å². The highest BCUT2D eigenvalue weighted by molar-refractivity contribution is 5.79. The van der Waals surface area contributed by atoms with Gasteiger partial charge in [0.25, 0.3) is 0 Å². The molecule has 5 heteroatoms. The van der Waals surface area contributed by atoms with E-state index in [1.165, 1.54) is 11.8 Å². The van der Waals surface area contributed by atoms with Crippen LogP contribution in [0, 0.1) is 0 Å². The molecule has 0 spiro atoms. The molecule has 0 aromatic carbocycles. The summed E-state index contributed by atoms with van der Waals surface area (Å²) in [6.45, 7) is 9.15. The van der Waals surface area contributed by atoms with Crippen molar-refractivity contribution in [3.8, 4) is 0 Å². The van der Waals surface area contributed by atoms with Crippen LogP contribution in [0.5, 0.6) is 0 Å². The number of hydrogen-bond donors (Lipinski definition) is 1. The van der Waals surface area contributed by atoms with E-state index in [-0.39, 0.29) is 0 Å². The minimum absolute atomic E-state index is 0.402. The van der Waals surface area contributed by atoms with Gasteiger partial charge in [-0.1, -0.05) is 13.3 Å². The summed E-state index contributed by atoms with van der Waals surface area (Å²) in [7, 11) is 0. The lowest BCUT2D eigenvalue weighted by Crippen LogP contribution is -2.46. The van der Waals surface area contributed by atoms with Crippen LogP contribution < -0.4 is 0 Å². The molecule has 1 unspecified atom stereocenters. The van der Waals surface area contributed by atoms with Crippen LogP contribution in [-0.2, 0) is 9.53 Å². The van der Waals surface area contributed by atoms with E-state index in [4.69, 9.17) is 9.84 Å². The number of carbonyl (C=O) groups is 2. The third kappa shape index (κ3) is 6.14. The van der Waals surface area contributed by atoms with Gasteiger partial charge in [0.1, 0.15) is 11.6 Å². The lowest BCUT2D eigenvalue weighted by atomic mass is 10.2. The molecule has 0 aliphatic carbocycles. The van der Waals surface area contributed by atoms with Crippen LogP contribution in [0.15, 0.2) is 0 Å². The van der Waals surface area contributed by atoms with Crippen LogP contribution in [0.2, 0.25) is 0 Å². The minimum atomic E-state index is -1.02.